The largest absolute Gasteiger partial charge is 0.496 e. The van der Waals surface area contributed by atoms with Crippen molar-refractivity contribution < 1.29 is 4.74 Å². The Balaban J connectivity index is 2.29. The Morgan fingerprint density at radius 3 is 2.55 bits per heavy atom. The van der Waals surface area contributed by atoms with Crippen molar-refractivity contribution in [3.63, 3.8) is 0 Å². The highest BCUT2D eigenvalue weighted by atomic mass is 16.5. The molecule has 1 saturated carbocycles. The summed E-state index contributed by atoms with van der Waals surface area (Å²) in [7, 11) is 1.74. The van der Waals surface area contributed by atoms with Crippen LogP contribution in [0.25, 0.3) is 0 Å². The summed E-state index contributed by atoms with van der Waals surface area (Å²) in [6, 6.07) is 8.70. The Hall–Kier alpha value is -1.06. The van der Waals surface area contributed by atoms with Gasteiger partial charge in [-0.25, -0.2) is 0 Å². The van der Waals surface area contributed by atoms with E-state index in [-0.39, 0.29) is 12.1 Å². The van der Waals surface area contributed by atoms with Crippen molar-refractivity contribution in [2.24, 2.45) is 11.7 Å². The van der Waals surface area contributed by atoms with Crippen molar-refractivity contribution in [1.29, 1.82) is 0 Å². The molecule has 0 bridgehead atoms. The predicted molar refractivity (Wildman–Crippen MR) is 84.0 cm³/mol. The second-order valence-electron chi connectivity index (χ2n) is 5.79. The van der Waals surface area contributed by atoms with Crippen LogP contribution >= 0.6 is 0 Å². The van der Waals surface area contributed by atoms with Crippen LogP contribution in [0.3, 0.4) is 0 Å². The second kappa shape index (κ2) is 7.09. The van der Waals surface area contributed by atoms with E-state index in [1.54, 1.807) is 7.11 Å². The molecule has 3 heteroatoms. The van der Waals surface area contributed by atoms with Gasteiger partial charge in [0.1, 0.15) is 5.75 Å². The van der Waals surface area contributed by atoms with E-state index in [0.717, 1.165) is 31.2 Å². The van der Waals surface area contributed by atoms with Gasteiger partial charge >= 0.3 is 0 Å². The van der Waals surface area contributed by atoms with Crippen LogP contribution in [-0.4, -0.2) is 31.1 Å². The summed E-state index contributed by atoms with van der Waals surface area (Å²) in [6.07, 6.45) is 3.72. The molecule has 0 aliphatic heterocycles. The van der Waals surface area contributed by atoms with E-state index in [1.165, 1.54) is 18.4 Å². The fourth-order valence-electron chi connectivity index (χ4n) is 2.90. The molecule has 0 aromatic heterocycles. The van der Waals surface area contributed by atoms with Crippen molar-refractivity contribution in [3.8, 4) is 5.75 Å². The van der Waals surface area contributed by atoms with Crippen molar-refractivity contribution in [3.05, 3.63) is 29.8 Å². The van der Waals surface area contributed by atoms with Crippen molar-refractivity contribution >= 4 is 0 Å². The normalized spacial score (nSPS) is 18.1. The fraction of sp³-hybridized carbons (Fsp3) is 0.647. The monoisotopic (exact) mass is 276 g/mol. The number of rotatable bonds is 8. The minimum absolute atomic E-state index is 0.144. The molecule has 3 nitrogen and oxygen atoms in total. The molecule has 0 saturated heterocycles. The Labute approximate surface area is 123 Å². The van der Waals surface area contributed by atoms with Gasteiger partial charge < -0.3 is 10.5 Å². The molecule has 1 aromatic carbocycles. The molecule has 0 amide bonds. The topological polar surface area (TPSA) is 38.5 Å². The Kier molecular flexibility index (Phi) is 5.44. The molecule has 1 aliphatic rings. The number of hydrogen-bond acceptors (Lipinski definition) is 3. The number of methoxy groups -OCH3 is 1. The van der Waals surface area contributed by atoms with Gasteiger partial charge in [-0.15, -0.1) is 0 Å². The van der Waals surface area contributed by atoms with Crippen molar-refractivity contribution in [2.75, 3.05) is 20.2 Å². The van der Waals surface area contributed by atoms with Crippen LogP contribution in [0.1, 0.15) is 44.7 Å². The molecule has 1 aromatic rings. The third kappa shape index (κ3) is 3.53. The fourth-order valence-corrected chi connectivity index (χ4v) is 2.90. The third-order valence-corrected chi connectivity index (χ3v) is 4.32. The van der Waals surface area contributed by atoms with Gasteiger partial charge in [-0.05, 0) is 37.8 Å². The smallest absolute Gasteiger partial charge is 0.123 e. The molecule has 2 rings (SSSR count). The molecule has 112 valence electrons. The number of para-hydroxylation sites is 1. The van der Waals surface area contributed by atoms with Crippen LogP contribution in [-0.2, 0) is 0 Å². The lowest BCUT2D eigenvalue weighted by Gasteiger charge is -2.35. The van der Waals surface area contributed by atoms with Crippen molar-refractivity contribution in [1.82, 2.24) is 4.90 Å². The molecule has 0 spiro atoms. The van der Waals surface area contributed by atoms with E-state index in [0.29, 0.717) is 0 Å². The molecule has 2 unspecified atom stereocenters. The molecule has 1 aliphatic carbocycles. The number of hydrogen-bond donors (Lipinski definition) is 1. The average molecular weight is 276 g/mol. The highest BCUT2D eigenvalue weighted by Gasteiger charge is 2.31. The number of benzene rings is 1. The first-order chi connectivity index (χ1) is 9.71. The molecule has 0 radical (unpaired) electrons. The molecule has 0 heterocycles. The first-order valence-corrected chi connectivity index (χ1v) is 7.83. The van der Waals surface area contributed by atoms with Gasteiger partial charge in [-0.3, -0.25) is 4.90 Å². The van der Waals surface area contributed by atoms with Crippen LogP contribution < -0.4 is 10.5 Å². The van der Waals surface area contributed by atoms with E-state index in [2.05, 4.69) is 30.9 Å². The summed E-state index contributed by atoms with van der Waals surface area (Å²) in [4.78, 5) is 2.53. The quantitative estimate of drug-likeness (QED) is 0.792. The van der Waals surface area contributed by atoms with Crippen LogP contribution in [0.5, 0.6) is 5.75 Å². The van der Waals surface area contributed by atoms with E-state index < -0.39 is 0 Å². The van der Waals surface area contributed by atoms with Crippen LogP contribution in [0.15, 0.2) is 24.3 Å². The third-order valence-electron chi connectivity index (χ3n) is 4.32. The van der Waals surface area contributed by atoms with Crippen molar-refractivity contribution in [2.45, 2.75) is 45.2 Å². The molecular weight excluding hydrogens is 248 g/mol. The highest BCUT2D eigenvalue weighted by Crippen LogP contribution is 2.36. The minimum Gasteiger partial charge on any atom is -0.496 e. The van der Waals surface area contributed by atoms with Gasteiger partial charge in [0.15, 0.2) is 0 Å². The Bertz CT molecular complexity index is 417. The summed E-state index contributed by atoms with van der Waals surface area (Å²) in [5, 5.41) is 0. The minimum atomic E-state index is 0.144. The molecule has 2 N–H and O–H groups in total. The molecule has 2 atom stereocenters. The first-order valence-electron chi connectivity index (χ1n) is 7.83. The van der Waals surface area contributed by atoms with Gasteiger partial charge in [0, 0.05) is 18.2 Å². The van der Waals surface area contributed by atoms with E-state index in [9.17, 15) is 0 Å². The molecule has 1 fully saturated rings. The lowest BCUT2D eigenvalue weighted by Crippen LogP contribution is -2.42. The lowest BCUT2D eigenvalue weighted by molar-refractivity contribution is 0.167. The Morgan fingerprint density at radius 2 is 2.00 bits per heavy atom. The Morgan fingerprint density at radius 1 is 1.30 bits per heavy atom. The zero-order valence-corrected chi connectivity index (χ0v) is 13.0. The van der Waals surface area contributed by atoms with Gasteiger partial charge in [-0.1, -0.05) is 32.0 Å². The van der Waals surface area contributed by atoms with E-state index in [4.69, 9.17) is 10.5 Å². The number of nitrogens with zero attached hydrogens (tertiary/aromatic N) is 1. The summed E-state index contributed by atoms with van der Waals surface area (Å²) in [5.74, 6) is 1.83. The second-order valence-corrected chi connectivity index (χ2v) is 5.79. The number of likely N-dealkylation sites (N-methyl/N-ethyl adjacent to an activating group) is 1. The maximum absolute atomic E-state index is 6.45. The van der Waals surface area contributed by atoms with Gasteiger partial charge in [0.2, 0.25) is 0 Å². The van der Waals surface area contributed by atoms with E-state index in [1.807, 2.05) is 12.1 Å². The highest BCUT2D eigenvalue weighted by molar-refractivity contribution is 5.36. The first kappa shape index (κ1) is 15.3. The van der Waals surface area contributed by atoms with Gasteiger partial charge in [0.05, 0.1) is 13.2 Å². The average Bonchev–Trinajstić information content (AvgIpc) is 3.30. The van der Waals surface area contributed by atoms with Gasteiger partial charge in [0.25, 0.3) is 0 Å². The standard InChI is InChI=1S/C17H28N2O/c1-4-15(18)17(19(5-2)12-13-10-11-13)14-8-6-7-9-16(14)20-3/h6-9,13,15,17H,4-5,10-12,18H2,1-3H3. The van der Waals surface area contributed by atoms with E-state index >= 15 is 0 Å². The summed E-state index contributed by atoms with van der Waals surface area (Å²) in [6.45, 7) is 6.59. The zero-order valence-electron chi connectivity index (χ0n) is 13.0. The van der Waals surface area contributed by atoms with Crippen LogP contribution in [0, 0.1) is 5.92 Å². The van der Waals surface area contributed by atoms with Crippen LogP contribution in [0.4, 0.5) is 0 Å². The lowest BCUT2D eigenvalue weighted by atomic mass is 9.95. The maximum atomic E-state index is 6.45. The molecular formula is C17H28N2O. The van der Waals surface area contributed by atoms with Crippen LogP contribution in [0.2, 0.25) is 0 Å². The summed E-state index contributed by atoms with van der Waals surface area (Å²) >= 11 is 0. The zero-order chi connectivity index (χ0) is 14.5. The SMILES string of the molecule is CCC(N)C(c1ccccc1OC)N(CC)CC1CC1. The molecule has 20 heavy (non-hydrogen) atoms. The number of ether oxygens (including phenoxy) is 1. The predicted octanol–water partition coefficient (Wildman–Crippen LogP) is 3.21. The number of nitrogens with two attached hydrogens (primary N) is 1. The summed E-state index contributed by atoms with van der Waals surface area (Å²) in [5.41, 5.74) is 7.68. The van der Waals surface area contributed by atoms with Gasteiger partial charge in [-0.2, -0.15) is 0 Å². The summed E-state index contributed by atoms with van der Waals surface area (Å²) < 4.78 is 5.55. The maximum Gasteiger partial charge on any atom is 0.123 e.